The zero-order valence-electron chi connectivity index (χ0n) is 7.82. The highest BCUT2D eigenvalue weighted by atomic mass is 79.9. The van der Waals surface area contributed by atoms with E-state index in [2.05, 4.69) is 33.1 Å². The molecular weight excluding hydrogens is 232 g/mol. The Bertz CT molecular complexity index is 222. The maximum absolute atomic E-state index is 11.7. The Morgan fingerprint density at radius 2 is 2.46 bits per heavy atom. The summed E-state index contributed by atoms with van der Waals surface area (Å²) >= 11 is 3.20. The molecule has 0 bridgehead atoms. The second-order valence-electron chi connectivity index (χ2n) is 3.69. The van der Waals surface area contributed by atoms with Crippen LogP contribution in [0.15, 0.2) is 11.1 Å². The van der Waals surface area contributed by atoms with Gasteiger partial charge in [-0.3, -0.25) is 4.79 Å². The first-order valence-electron chi connectivity index (χ1n) is 4.37. The number of nitrogens with one attached hydrogen (secondary N) is 2. The molecule has 1 aliphatic rings. The minimum atomic E-state index is -0.234. The van der Waals surface area contributed by atoms with Gasteiger partial charge in [-0.05, 0) is 19.9 Å². The van der Waals surface area contributed by atoms with Gasteiger partial charge in [-0.2, -0.15) is 0 Å². The van der Waals surface area contributed by atoms with Gasteiger partial charge in [0.15, 0.2) is 0 Å². The maximum Gasteiger partial charge on any atom is 0.227 e. The molecule has 13 heavy (non-hydrogen) atoms. The Kier molecular flexibility index (Phi) is 3.50. The van der Waals surface area contributed by atoms with Crippen LogP contribution in [0.1, 0.15) is 13.3 Å². The van der Waals surface area contributed by atoms with Crippen molar-refractivity contribution in [2.45, 2.75) is 13.3 Å². The van der Waals surface area contributed by atoms with E-state index in [9.17, 15) is 4.79 Å². The lowest BCUT2D eigenvalue weighted by molar-refractivity contribution is -0.128. The summed E-state index contributed by atoms with van der Waals surface area (Å²) in [6.45, 7) is 7.86. The lowest BCUT2D eigenvalue weighted by Crippen LogP contribution is -2.40. The number of hydrogen-bond acceptors (Lipinski definition) is 2. The van der Waals surface area contributed by atoms with Gasteiger partial charge in [0.1, 0.15) is 0 Å². The van der Waals surface area contributed by atoms with Crippen LogP contribution < -0.4 is 10.6 Å². The average Bonchev–Trinajstić information content (AvgIpc) is 2.49. The first-order chi connectivity index (χ1) is 6.04. The van der Waals surface area contributed by atoms with Gasteiger partial charge in [0, 0.05) is 17.6 Å². The molecule has 1 saturated heterocycles. The molecule has 2 N–H and O–H groups in total. The third kappa shape index (κ3) is 2.81. The van der Waals surface area contributed by atoms with Crippen LogP contribution in [-0.4, -0.2) is 25.5 Å². The van der Waals surface area contributed by atoms with Crippen LogP contribution >= 0.6 is 15.9 Å². The number of carbonyl (C=O) groups is 1. The first-order valence-corrected chi connectivity index (χ1v) is 5.16. The molecule has 1 heterocycles. The Morgan fingerprint density at radius 3 is 2.92 bits per heavy atom. The minimum absolute atomic E-state index is 0.109. The SMILES string of the molecule is C=C(Br)CNC(=O)C1(C)CCNC1. The van der Waals surface area contributed by atoms with Crippen LogP contribution in [0, 0.1) is 5.41 Å². The fourth-order valence-electron chi connectivity index (χ4n) is 1.40. The summed E-state index contributed by atoms with van der Waals surface area (Å²) in [6.07, 6.45) is 0.910. The van der Waals surface area contributed by atoms with Crippen molar-refractivity contribution in [2.75, 3.05) is 19.6 Å². The van der Waals surface area contributed by atoms with Gasteiger partial charge in [-0.15, -0.1) is 0 Å². The van der Waals surface area contributed by atoms with Crippen LogP contribution in [0.3, 0.4) is 0 Å². The van der Waals surface area contributed by atoms with E-state index in [1.54, 1.807) is 0 Å². The zero-order chi connectivity index (χ0) is 9.90. The van der Waals surface area contributed by atoms with Crippen LogP contribution in [-0.2, 0) is 4.79 Å². The topological polar surface area (TPSA) is 41.1 Å². The molecule has 1 rings (SSSR count). The summed E-state index contributed by atoms with van der Waals surface area (Å²) in [7, 11) is 0. The zero-order valence-corrected chi connectivity index (χ0v) is 9.41. The predicted octanol–water partition coefficient (Wildman–Crippen LogP) is 1.01. The molecular formula is C9H15BrN2O. The maximum atomic E-state index is 11.7. The second-order valence-corrected chi connectivity index (χ2v) is 4.81. The molecule has 1 atom stereocenters. The lowest BCUT2D eigenvalue weighted by atomic mass is 9.89. The van der Waals surface area contributed by atoms with Gasteiger partial charge in [-0.1, -0.05) is 22.5 Å². The molecule has 0 aromatic heterocycles. The van der Waals surface area contributed by atoms with Crippen LogP contribution in [0.2, 0.25) is 0 Å². The van der Waals surface area contributed by atoms with Crippen molar-refractivity contribution in [1.29, 1.82) is 0 Å². The van der Waals surface area contributed by atoms with Crippen molar-refractivity contribution in [3.63, 3.8) is 0 Å². The molecule has 0 aromatic rings. The monoisotopic (exact) mass is 246 g/mol. The minimum Gasteiger partial charge on any atom is -0.351 e. The number of carbonyl (C=O) groups excluding carboxylic acids is 1. The highest BCUT2D eigenvalue weighted by Crippen LogP contribution is 2.24. The van der Waals surface area contributed by atoms with Crippen LogP contribution in [0.4, 0.5) is 0 Å². The van der Waals surface area contributed by atoms with Crippen molar-refractivity contribution < 1.29 is 4.79 Å². The molecule has 4 heteroatoms. The summed E-state index contributed by atoms with van der Waals surface area (Å²) in [5, 5.41) is 6.03. The molecule has 0 aliphatic carbocycles. The van der Waals surface area contributed by atoms with E-state index in [0.29, 0.717) is 6.54 Å². The van der Waals surface area contributed by atoms with E-state index >= 15 is 0 Å². The molecule has 0 saturated carbocycles. The predicted molar refractivity (Wildman–Crippen MR) is 56.7 cm³/mol. The standard InChI is InChI=1S/C9H15BrN2O/c1-7(10)5-12-8(13)9(2)3-4-11-6-9/h11H,1,3-6H2,2H3,(H,12,13). The Morgan fingerprint density at radius 1 is 1.77 bits per heavy atom. The molecule has 0 radical (unpaired) electrons. The van der Waals surface area contributed by atoms with Gasteiger partial charge in [0.05, 0.1) is 5.41 Å². The highest BCUT2D eigenvalue weighted by Gasteiger charge is 2.35. The van der Waals surface area contributed by atoms with Gasteiger partial charge in [0.2, 0.25) is 5.91 Å². The van der Waals surface area contributed by atoms with E-state index < -0.39 is 0 Å². The number of rotatable bonds is 3. The Labute approximate surface area is 87.1 Å². The number of halogens is 1. The van der Waals surface area contributed by atoms with E-state index in [0.717, 1.165) is 24.0 Å². The summed E-state index contributed by atoms with van der Waals surface area (Å²) in [6, 6.07) is 0. The quantitative estimate of drug-likeness (QED) is 0.781. The van der Waals surface area contributed by atoms with Crippen molar-refractivity contribution in [3.05, 3.63) is 11.1 Å². The number of amides is 1. The molecule has 74 valence electrons. The van der Waals surface area contributed by atoms with Crippen molar-refractivity contribution in [1.82, 2.24) is 10.6 Å². The molecule has 1 fully saturated rings. The summed E-state index contributed by atoms with van der Waals surface area (Å²) in [4.78, 5) is 11.7. The Balaban J connectivity index is 2.42. The normalized spacial score (nSPS) is 27.2. The van der Waals surface area contributed by atoms with E-state index in [1.807, 2.05) is 6.92 Å². The third-order valence-corrected chi connectivity index (χ3v) is 2.64. The van der Waals surface area contributed by atoms with Gasteiger partial charge in [0.25, 0.3) is 0 Å². The van der Waals surface area contributed by atoms with Crippen LogP contribution in [0.5, 0.6) is 0 Å². The summed E-state index contributed by atoms with van der Waals surface area (Å²) in [5.41, 5.74) is -0.234. The third-order valence-electron chi connectivity index (χ3n) is 2.36. The summed E-state index contributed by atoms with van der Waals surface area (Å²) in [5.74, 6) is 0.109. The molecule has 0 spiro atoms. The molecule has 0 aromatic carbocycles. The fourth-order valence-corrected chi connectivity index (χ4v) is 1.54. The fraction of sp³-hybridized carbons (Fsp3) is 0.667. The lowest BCUT2D eigenvalue weighted by Gasteiger charge is -2.21. The molecule has 3 nitrogen and oxygen atoms in total. The highest BCUT2D eigenvalue weighted by molar-refractivity contribution is 9.11. The molecule has 1 amide bonds. The average molecular weight is 247 g/mol. The van der Waals surface area contributed by atoms with E-state index in [4.69, 9.17) is 0 Å². The van der Waals surface area contributed by atoms with Gasteiger partial charge >= 0.3 is 0 Å². The molecule has 1 unspecified atom stereocenters. The van der Waals surface area contributed by atoms with Crippen molar-refractivity contribution >= 4 is 21.8 Å². The molecule has 1 aliphatic heterocycles. The first kappa shape index (κ1) is 10.7. The van der Waals surface area contributed by atoms with Gasteiger partial charge in [-0.25, -0.2) is 0 Å². The smallest absolute Gasteiger partial charge is 0.227 e. The largest absolute Gasteiger partial charge is 0.351 e. The van der Waals surface area contributed by atoms with Gasteiger partial charge < -0.3 is 10.6 Å². The van der Waals surface area contributed by atoms with Crippen molar-refractivity contribution in [2.24, 2.45) is 5.41 Å². The van der Waals surface area contributed by atoms with Crippen LogP contribution in [0.25, 0.3) is 0 Å². The van der Waals surface area contributed by atoms with Crippen molar-refractivity contribution in [3.8, 4) is 0 Å². The van der Waals surface area contributed by atoms with E-state index in [1.165, 1.54) is 0 Å². The number of hydrogen-bond donors (Lipinski definition) is 2. The van der Waals surface area contributed by atoms with E-state index in [-0.39, 0.29) is 11.3 Å². The Hall–Kier alpha value is -0.350. The second kappa shape index (κ2) is 4.24. The summed E-state index contributed by atoms with van der Waals surface area (Å²) < 4.78 is 0.801.